The van der Waals surface area contributed by atoms with Gasteiger partial charge in [-0.1, -0.05) is 54.6 Å². The lowest BCUT2D eigenvalue weighted by Crippen LogP contribution is -2.26. The highest BCUT2D eigenvalue weighted by Crippen LogP contribution is 2.43. The van der Waals surface area contributed by atoms with Gasteiger partial charge in [0.05, 0.1) is 0 Å². The molecule has 0 atom stereocenters. The van der Waals surface area contributed by atoms with Crippen molar-refractivity contribution < 1.29 is 9.59 Å². The Hall–Kier alpha value is -5.20. The number of benzene rings is 5. The number of fused-ring (bicyclic) bond motifs is 2. The van der Waals surface area contributed by atoms with Crippen LogP contribution in [0.15, 0.2) is 97.6 Å². The summed E-state index contributed by atoms with van der Waals surface area (Å²) >= 11 is 0. The first-order valence-corrected chi connectivity index (χ1v) is 14.9. The van der Waals surface area contributed by atoms with Crippen molar-refractivity contribution in [3.05, 3.63) is 131 Å². The first-order valence-electron chi connectivity index (χ1n) is 14.9. The molecule has 7 aromatic rings. The first kappa shape index (κ1) is 28.9. The van der Waals surface area contributed by atoms with Gasteiger partial charge in [-0.3, -0.25) is 19.6 Å². The number of carbonyl (C=O) groups is 2. The van der Waals surface area contributed by atoms with Gasteiger partial charge in [-0.2, -0.15) is 0 Å². The normalized spacial score (nSPS) is 11.2. The molecule has 6 nitrogen and oxygen atoms in total. The van der Waals surface area contributed by atoms with Crippen LogP contribution in [0.2, 0.25) is 0 Å². The van der Waals surface area contributed by atoms with E-state index in [0.717, 1.165) is 78.9 Å². The van der Waals surface area contributed by atoms with Crippen molar-refractivity contribution in [2.45, 2.75) is 26.7 Å². The summed E-state index contributed by atoms with van der Waals surface area (Å²) in [7, 11) is 0. The van der Waals surface area contributed by atoms with Crippen molar-refractivity contribution in [2.24, 2.45) is 5.73 Å². The molecule has 44 heavy (non-hydrogen) atoms. The van der Waals surface area contributed by atoms with Crippen LogP contribution in [0.4, 0.5) is 0 Å². The third kappa shape index (κ3) is 5.36. The van der Waals surface area contributed by atoms with E-state index in [1.54, 1.807) is 12.4 Å². The zero-order chi connectivity index (χ0) is 30.6. The van der Waals surface area contributed by atoms with E-state index in [-0.39, 0.29) is 5.91 Å². The van der Waals surface area contributed by atoms with Crippen molar-refractivity contribution in [2.75, 3.05) is 13.1 Å². The van der Waals surface area contributed by atoms with Crippen molar-refractivity contribution in [3.63, 3.8) is 0 Å². The van der Waals surface area contributed by atoms with Gasteiger partial charge in [0.15, 0.2) is 6.29 Å². The largest absolute Gasteiger partial charge is 0.352 e. The van der Waals surface area contributed by atoms with Gasteiger partial charge in [0.25, 0.3) is 5.91 Å². The lowest BCUT2D eigenvalue weighted by atomic mass is 9.85. The Kier molecular flexibility index (Phi) is 8.26. The van der Waals surface area contributed by atoms with Crippen LogP contribution in [0.25, 0.3) is 43.1 Å². The molecule has 6 heteroatoms. The number of amides is 1. The Bertz CT molecular complexity index is 2090. The number of nitrogens with one attached hydrogen (secondary N) is 1. The third-order valence-electron chi connectivity index (χ3n) is 8.30. The molecule has 218 valence electrons. The molecule has 0 saturated heterocycles. The summed E-state index contributed by atoms with van der Waals surface area (Å²) in [5.74, 6) is -0.0724. The van der Waals surface area contributed by atoms with Gasteiger partial charge in [0, 0.05) is 42.5 Å². The molecule has 2 heterocycles. The molecule has 1 amide bonds. The Labute approximate surface area is 256 Å². The molecular weight excluding hydrogens is 544 g/mol. The van der Waals surface area contributed by atoms with E-state index in [2.05, 4.69) is 59.5 Å². The molecule has 5 aromatic carbocycles. The number of pyridine rings is 2. The maximum absolute atomic E-state index is 13.3. The summed E-state index contributed by atoms with van der Waals surface area (Å²) < 4.78 is 0. The molecule has 0 aliphatic rings. The Morgan fingerprint density at radius 3 is 1.82 bits per heavy atom. The molecule has 0 spiro atoms. The molecule has 7 rings (SSSR count). The standard InChI is InChI=1S/C31H24N2O2.C7H10N2/c1-18-5-8-22-25-11-12-26(31(35)33-15-13-20-4-3-14-32-16-20)28-19(2)6-9-23(30(25)28)24-10-7-21(17-34)27(18)29(22)24;8-4-3-7-2-1-5-9-6-7/h3-12,14,16-17H,13,15H2,1-2H3,(H,33,35);1-2,5-6H,3-4,8H2. The maximum atomic E-state index is 13.3. The number of hydrogen-bond donors (Lipinski definition) is 2. The summed E-state index contributed by atoms with van der Waals surface area (Å²) in [5.41, 5.74) is 11.2. The van der Waals surface area contributed by atoms with Crippen LogP contribution >= 0.6 is 0 Å². The fourth-order valence-corrected chi connectivity index (χ4v) is 6.22. The number of aromatic nitrogens is 2. The number of hydrogen-bond acceptors (Lipinski definition) is 5. The number of nitrogens with two attached hydrogens (primary N) is 1. The van der Waals surface area contributed by atoms with Crippen molar-refractivity contribution in [1.82, 2.24) is 15.3 Å². The fraction of sp³-hybridized carbons (Fsp3) is 0.158. The van der Waals surface area contributed by atoms with E-state index in [0.29, 0.717) is 24.2 Å². The van der Waals surface area contributed by atoms with Crippen molar-refractivity contribution in [1.29, 1.82) is 0 Å². The van der Waals surface area contributed by atoms with E-state index >= 15 is 0 Å². The smallest absolute Gasteiger partial charge is 0.251 e. The van der Waals surface area contributed by atoms with Gasteiger partial charge in [-0.15, -0.1) is 0 Å². The van der Waals surface area contributed by atoms with Gasteiger partial charge in [0.1, 0.15) is 0 Å². The lowest BCUT2D eigenvalue weighted by Gasteiger charge is -2.19. The minimum atomic E-state index is -0.0724. The second-order valence-electron chi connectivity index (χ2n) is 11.1. The lowest BCUT2D eigenvalue weighted by molar-refractivity contribution is 0.0955. The second kappa shape index (κ2) is 12.6. The minimum absolute atomic E-state index is 0.0724. The Morgan fingerprint density at radius 2 is 1.25 bits per heavy atom. The predicted octanol–water partition coefficient (Wildman–Crippen LogP) is 7.12. The molecular formula is C38H34N4O2. The molecule has 0 unspecified atom stereocenters. The summed E-state index contributed by atoms with van der Waals surface area (Å²) in [6.07, 6.45) is 9.78. The number of aryl methyl sites for hydroxylation is 2. The molecule has 0 fully saturated rings. The summed E-state index contributed by atoms with van der Waals surface area (Å²) in [6.45, 7) is 5.36. The molecule has 0 bridgehead atoms. The monoisotopic (exact) mass is 578 g/mol. The zero-order valence-electron chi connectivity index (χ0n) is 24.9. The summed E-state index contributed by atoms with van der Waals surface area (Å²) in [4.78, 5) is 33.3. The third-order valence-corrected chi connectivity index (χ3v) is 8.30. The highest BCUT2D eigenvalue weighted by Gasteiger charge is 2.20. The van der Waals surface area contributed by atoms with Crippen LogP contribution in [-0.4, -0.2) is 35.3 Å². The highest BCUT2D eigenvalue weighted by molar-refractivity contribution is 6.35. The van der Waals surface area contributed by atoms with Crippen molar-refractivity contribution in [3.8, 4) is 0 Å². The van der Waals surface area contributed by atoms with Crippen LogP contribution in [0, 0.1) is 13.8 Å². The van der Waals surface area contributed by atoms with E-state index in [1.807, 2.05) is 54.9 Å². The van der Waals surface area contributed by atoms with Gasteiger partial charge in [0.2, 0.25) is 0 Å². The van der Waals surface area contributed by atoms with E-state index < -0.39 is 0 Å². The predicted molar refractivity (Wildman–Crippen MR) is 180 cm³/mol. The maximum Gasteiger partial charge on any atom is 0.251 e. The SMILES string of the molecule is Cc1ccc2c3ccc(C(=O)NCCc4cccnc4)c4c(C)ccc(c5ccc(C=O)c1c52)c43.NCCc1cccnc1. The van der Waals surface area contributed by atoms with Gasteiger partial charge in [-0.05, 0) is 117 Å². The Morgan fingerprint density at radius 1 is 0.705 bits per heavy atom. The highest BCUT2D eigenvalue weighted by atomic mass is 16.1. The van der Waals surface area contributed by atoms with Gasteiger partial charge >= 0.3 is 0 Å². The van der Waals surface area contributed by atoms with E-state index in [4.69, 9.17) is 5.73 Å². The first-order chi connectivity index (χ1) is 21.5. The van der Waals surface area contributed by atoms with Gasteiger partial charge < -0.3 is 11.1 Å². The topological polar surface area (TPSA) is 98.0 Å². The van der Waals surface area contributed by atoms with Gasteiger partial charge in [-0.25, -0.2) is 0 Å². The summed E-state index contributed by atoms with van der Waals surface area (Å²) in [5, 5.41) is 11.7. The molecule has 0 aliphatic carbocycles. The number of nitrogens with zero attached hydrogens (tertiary/aromatic N) is 2. The molecule has 0 radical (unpaired) electrons. The van der Waals surface area contributed by atoms with E-state index in [1.165, 1.54) is 5.56 Å². The second-order valence-corrected chi connectivity index (χ2v) is 11.1. The van der Waals surface area contributed by atoms with E-state index in [9.17, 15) is 9.59 Å². The minimum Gasteiger partial charge on any atom is -0.352 e. The molecule has 0 aliphatic heterocycles. The van der Waals surface area contributed by atoms with Crippen LogP contribution < -0.4 is 11.1 Å². The van der Waals surface area contributed by atoms with Crippen LogP contribution in [0.3, 0.4) is 0 Å². The average Bonchev–Trinajstić information content (AvgIpc) is 3.06. The van der Waals surface area contributed by atoms with Crippen molar-refractivity contribution >= 4 is 55.3 Å². The Balaban J connectivity index is 0.000000329. The molecule has 2 aromatic heterocycles. The summed E-state index contributed by atoms with van der Waals surface area (Å²) in [6, 6.07) is 24.3. The fourth-order valence-electron chi connectivity index (χ4n) is 6.22. The van der Waals surface area contributed by atoms with Crippen LogP contribution in [-0.2, 0) is 12.8 Å². The molecule has 3 N–H and O–H groups in total. The number of rotatable bonds is 7. The molecule has 0 saturated carbocycles. The number of aldehydes is 1. The van der Waals surface area contributed by atoms with Crippen LogP contribution in [0.5, 0.6) is 0 Å². The van der Waals surface area contributed by atoms with Crippen LogP contribution in [0.1, 0.15) is 43.0 Å². The average molecular weight is 579 g/mol. The zero-order valence-corrected chi connectivity index (χ0v) is 24.9. The number of carbonyl (C=O) groups excluding carboxylic acids is 2. The quantitative estimate of drug-likeness (QED) is 0.119.